The molecule has 0 radical (unpaired) electrons. The van der Waals surface area contributed by atoms with Gasteiger partial charge in [0.1, 0.15) is 5.69 Å². The van der Waals surface area contributed by atoms with Gasteiger partial charge in [-0.25, -0.2) is 0 Å². The van der Waals surface area contributed by atoms with Crippen LogP contribution in [0.3, 0.4) is 0 Å². The van der Waals surface area contributed by atoms with Crippen molar-refractivity contribution in [1.82, 2.24) is 9.88 Å². The van der Waals surface area contributed by atoms with Gasteiger partial charge in [0.2, 0.25) is 0 Å². The molecule has 2 atom stereocenters. The Labute approximate surface area is 201 Å². The van der Waals surface area contributed by atoms with Crippen LogP contribution < -0.4 is 5.32 Å². The third-order valence-corrected chi connectivity index (χ3v) is 7.72. The van der Waals surface area contributed by atoms with Crippen LogP contribution in [0.25, 0.3) is 10.9 Å². The smallest absolute Gasteiger partial charge is 0.311 e. The number of carboxylic acid groups (broad SMARTS) is 1. The number of carboxylic acids is 1. The van der Waals surface area contributed by atoms with E-state index in [0.717, 1.165) is 34.9 Å². The van der Waals surface area contributed by atoms with E-state index in [0.29, 0.717) is 35.4 Å². The summed E-state index contributed by atoms with van der Waals surface area (Å²) < 4.78 is 7.48. The van der Waals surface area contributed by atoms with Crippen molar-refractivity contribution in [2.75, 3.05) is 13.2 Å². The second-order valence-electron chi connectivity index (χ2n) is 9.00. The monoisotopic (exact) mass is 486 g/mol. The number of halogens is 2. The lowest BCUT2D eigenvalue weighted by Gasteiger charge is -2.30. The Bertz CT molecular complexity index is 1240. The molecule has 2 heterocycles. The number of carbonyl (C=O) groups excluding carboxylic acids is 1. The van der Waals surface area contributed by atoms with Crippen LogP contribution in [0.2, 0.25) is 10.0 Å². The van der Waals surface area contributed by atoms with Gasteiger partial charge in [-0.05, 0) is 48.1 Å². The zero-order chi connectivity index (χ0) is 23.3. The highest BCUT2D eigenvalue weighted by molar-refractivity contribution is 6.45. The van der Waals surface area contributed by atoms with Crippen molar-refractivity contribution in [2.45, 2.75) is 30.7 Å². The van der Waals surface area contributed by atoms with Crippen LogP contribution in [0.5, 0.6) is 0 Å². The van der Waals surface area contributed by atoms with Crippen LogP contribution >= 0.6 is 23.2 Å². The Balaban J connectivity index is 1.45. The van der Waals surface area contributed by atoms with E-state index in [9.17, 15) is 14.7 Å². The Morgan fingerprint density at radius 2 is 1.91 bits per heavy atom. The van der Waals surface area contributed by atoms with Gasteiger partial charge in [0.25, 0.3) is 5.91 Å². The summed E-state index contributed by atoms with van der Waals surface area (Å²) in [6.07, 6.45) is 2.53. The van der Waals surface area contributed by atoms with E-state index in [1.54, 1.807) is 16.7 Å². The molecule has 33 heavy (non-hydrogen) atoms. The first-order chi connectivity index (χ1) is 15.8. The predicted octanol–water partition coefficient (Wildman–Crippen LogP) is 5.11. The maximum absolute atomic E-state index is 13.4. The van der Waals surface area contributed by atoms with Crippen LogP contribution in [0.15, 0.2) is 42.5 Å². The number of aliphatic carboxylic acids is 1. The van der Waals surface area contributed by atoms with Crippen LogP contribution in [0.1, 0.15) is 46.8 Å². The van der Waals surface area contributed by atoms with Crippen molar-refractivity contribution < 1.29 is 19.4 Å². The molecule has 1 saturated carbocycles. The fourth-order valence-electron chi connectivity index (χ4n) is 4.87. The molecule has 2 aromatic carbocycles. The molecule has 1 aliphatic heterocycles. The lowest BCUT2D eigenvalue weighted by Crippen LogP contribution is -2.47. The maximum Gasteiger partial charge on any atom is 0.311 e. The minimum absolute atomic E-state index is 0.212. The first kappa shape index (κ1) is 22.3. The van der Waals surface area contributed by atoms with Crippen LogP contribution in [0, 0.1) is 5.92 Å². The molecule has 5 rings (SSSR count). The quantitative estimate of drug-likeness (QED) is 0.507. The third kappa shape index (κ3) is 3.90. The second-order valence-corrected chi connectivity index (χ2v) is 9.78. The van der Waals surface area contributed by atoms with Gasteiger partial charge < -0.3 is 19.7 Å². The van der Waals surface area contributed by atoms with Crippen molar-refractivity contribution in [3.05, 3.63) is 69.3 Å². The first-order valence-corrected chi connectivity index (χ1v) is 11.7. The summed E-state index contributed by atoms with van der Waals surface area (Å²) in [6, 6.07) is 12.9. The molecule has 1 aliphatic carbocycles. The lowest BCUT2D eigenvalue weighted by molar-refractivity contribution is -0.139. The second kappa shape index (κ2) is 8.35. The van der Waals surface area contributed by atoms with Crippen LogP contribution in [-0.2, 0) is 22.1 Å². The maximum atomic E-state index is 13.4. The highest BCUT2D eigenvalue weighted by atomic mass is 35.5. The number of rotatable bonds is 6. The minimum atomic E-state index is -0.785. The molecule has 1 aromatic heterocycles. The Morgan fingerprint density at radius 1 is 1.18 bits per heavy atom. The number of nitrogens with one attached hydrogen (secondary N) is 1. The van der Waals surface area contributed by atoms with E-state index < -0.39 is 17.4 Å². The van der Waals surface area contributed by atoms with Crippen molar-refractivity contribution >= 4 is 46.0 Å². The highest BCUT2D eigenvalue weighted by Crippen LogP contribution is 2.43. The Morgan fingerprint density at radius 3 is 2.52 bits per heavy atom. The van der Waals surface area contributed by atoms with E-state index in [1.165, 1.54) is 0 Å². The van der Waals surface area contributed by atoms with E-state index in [2.05, 4.69) is 5.32 Å². The van der Waals surface area contributed by atoms with Crippen molar-refractivity contribution in [3.63, 3.8) is 0 Å². The van der Waals surface area contributed by atoms with Gasteiger partial charge in [-0.1, -0.05) is 47.5 Å². The summed E-state index contributed by atoms with van der Waals surface area (Å²) in [4.78, 5) is 25.1. The van der Waals surface area contributed by atoms with Gasteiger partial charge >= 0.3 is 5.97 Å². The number of aromatic nitrogens is 1. The van der Waals surface area contributed by atoms with Crippen molar-refractivity contribution in [2.24, 2.45) is 13.0 Å². The fourth-order valence-corrected chi connectivity index (χ4v) is 5.25. The first-order valence-electron chi connectivity index (χ1n) is 11.0. The fraction of sp³-hybridized carbons (Fsp3) is 0.360. The molecule has 2 N–H and O–H groups in total. The summed E-state index contributed by atoms with van der Waals surface area (Å²) in [7, 11) is 1.82. The molecule has 0 spiro atoms. The molecule has 0 bridgehead atoms. The number of hydrogen-bond donors (Lipinski definition) is 2. The molecular weight excluding hydrogens is 463 g/mol. The van der Waals surface area contributed by atoms with Gasteiger partial charge in [0, 0.05) is 31.0 Å². The molecule has 1 amide bonds. The number of benzene rings is 2. The molecule has 1 saturated heterocycles. The number of carbonyl (C=O) groups is 2. The lowest BCUT2D eigenvalue weighted by atomic mass is 9.86. The average Bonchev–Trinajstić information content (AvgIpc) is 3.39. The Hall–Kier alpha value is -2.54. The largest absolute Gasteiger partial charge is 0.481 e. The topological polar surface area (TPSA) is 80.6 Å². The van der Waals surface area contributed by atoms with Gasteiger partial charge in [0.15, 0.2) is 0 Å². The number of hydrogen-bond acceptors (Lipinski definition) is 3. The molecule has 2 fully saturated rings. The van der Waals surface area contributed by atoms with E-state index >= 15 is 0 Å². The van der Waals surface area contributed by atoms with Gasteiger partial charge in [0.05, 0.1) is 28.1 Å². The van der Waals surface area contributed by atoms with E-state index in [4.69, 9.17) is 27.9 Å². The molecule has 172 valence electrons. The number of amides is 1. The third-order valence-electron chi connectivity index (χ3n) is 6.90. The number of fused-ring (bicyclic) bond motifs is 1. The van der Waals surface area contributed by atoms with E-state index in [1.807, 2.05) is 37.4 Å². The average molecular weight is 487 g/mol. The molecule has 3 aromatic rings. The van der Waals surface area contributed by atoms with Gasteiger partial charge in [-0.15, -0.1) is 0 Å². The number of ether oxygens (including phenoxy) is 1. The normalized spacial score (nSPS) is 21.3. The molecule has 2 unspecified atom stereocenters. The molecular formula is C25H24Cl2N2O4. The zero-order valence-electron chi connectivity index (χ0n) is 18.1. The number of nitrogens with zero attached hydrogens (tertiary/aromatic N) is 1. The molecule has 6 nitrogen and oxygen atoms in total. The Kier molecular flexibility index (Phi) is 5.63. The van der Waals surface area contributed by atoms with Crippen molar-refractivity contribution in [1.29, 1.82) is 0 Å². The van der Waals surface area contributed by atoms with Gasteiger partial charge in [-0.2, -0.15) is 0 Å². The van der Waals surface area contributed by atoms with Crippen molar-refractivity contribution in [3.8, 4) is 0 Å². The number of aryl methyl sites for hydroxylation is 1. The minimum Gasteiger partial charge on any atom is -0.481 e. The summed E-state index contributed by atoms with van der Waals surface area (Å²) >= 11 is 12.5. The molecule has 2 aliphatic rings. The van der Waals surface area contributed by atoms with E-state index in [-0.39, 0.29) is 11.8 Å². The SMILES string of the molecule is Cn1c(C(=O)NC2(c3ccc(C(C(=O)O)C4CC4)cc3)CCOC2)cc2c(Cl)c(Cl)ccc21. The summed E-state index contributed by atoms with van der Waals surface area (Å²) in [5, 5.41) is 14.4. The van der Waals surface area contributed by atoms with Gasteiger partial charge in [-0.3, -0.25) is 9.59 Å². The molecule has 8 heteroatoms. The summed E-state index contributed by atoms with van der Waals surface area (Å²) in [5.74, 6) is -1.29. The summed E-state index contributed by atoms with van der Waals surface area (Å²) in [5.41, 5.74) is 2.30. The standard InChI is InChI=1S/C25H24Cl2N2O4/c1-29-19-9-8-18(26)22(27)17(19)12-20(29)23(30)28-25(10-11-33-13-25)16-6-4-15(5-7-16)21(24(31)32)14-2-3-14/h4-9,12,14,21H,2-3,10-11,13H2,1H3,(H,28,30)(H,31,32). The van der Waals surface area contributed by atoms with Crippen LogP contribution in [0.4, 0.5) is 0 Å². The predicted molar refractivity (Wildman–Crippen MR) is 127 cm³/mol. The highest BCUT2D eigenvalue weighted by Gasteiger charge is 2.40. The zero-order valence-corrected chi connectivity index (χ0v) is 19.6. The summed E-state index contributed by atoms with van der Waals surface area (Å²) in [6.45, 7) is 0.873. The van der Waals surface area contributed by atoms with Crippen LogP contribution in [-0.4, -0.2) is 34.8 Å².